The van der Waals surface area contributed by atoms with Gasteiger partial charge in [0.25, 0.3) is 11.6 Å². The normalized spacial score (nSPS) is 21.1. The second kappa shape index (κ2) is 5.65. The molecule has 1 N–H and O–H groups in total. The molecule has 1 aliphatic heterocycles. The first-order chi connectivity index (χ1) is 9.88. The zero-order valence-electron chi connectivity index (χ0n) is 12.3. The minimum atomic E-state index is -2.07. The van der Waals surface area contributed by atoms with Crippen LogP contribution in [0.4, 0.5) is 0 Å². The third-order valence-electron chi connectivity index (χ3n) is 3.18. The van der Waals surface area contributed by atoms with Crippen molar-refractivity contribution in [3.8, 4) is 0 Å². The molecule has 6 nitrogen and oxygen atoms in total. The highest BCUT2D eigenvalue weighted by atomic mass is 16.6. The van der Waals surface area contributed by atoms with Crippen LogP contribution in [0, 0.1) is 6.92 Å². The second-order valence-electron chi connectivity index (χ2n) is 5.04. The summed E-state index contributed by atoms with van der Waals surface area (Å²) in [7, 11) is 0. The number of nitrogens with zero attached hydrogens (tertiary/aromatic N) is 2. The molecule has 2 rings (SSSR count). The van der Waals surface area contributed by atoms with E-state index in [1.165, 1.54) is 0 Å². The topological polar surface area (TPSA) is 79.2 Å². The van der Waals surface area contributed by atoms with Gasteiger partial charge >= 0.3 is 5.97 Å². The number of hydrazone groups is 1. The van der Waals surface area contributed by atoms with Gasteiger partial charge in [-0.3, -0.25) is 4.79 Å². The van der Waals surface area contributed by atoms with Gasteiger partial charge in [0.15, 0.2) is 0 Å². The van der Waals surface area contributed by atoms with Gasteiger partial charge in [0.1, 0.15) is 0 Å². The van der Waals surface area contributed by atoms with Crippen molar-refractivity contribution in [2.45, 2.75) is 32.9 Å². The lowest BCUT2D eigenvalue weighted by Crippen LogP contribution is -2.53. The largest absolute Gasteiger partial charge is 0.462 e. The third kappa shape index (κ3) is 2.80. The number of aliphatic hydroxyl groups is 1. The molecule has 21 heavy (non-hydrogen) atoms. The molecule has 0 unspecified atom stereocenters. The summed E-state index contributed by atoms with van der Waals surface area (Å²) in [6.07, 6.45) is -0.0522. The summed E-state index contributed by atoms with van der Waals surface area (Å²) < 4.78 is 4.86. The number of carbonyl (C=O) groups is 2. The first-order valence-electron chi connectivity index (χ1n) is 6.73. The third-order valence-corrected chi connectivity index (χ3v) is 3.18. The van der Waals surface area contributed by atoms with E-state index in [0.717, 1.165) is 10.6 Å². The zero-order valence-corrected chi connectivity index (χ0v) is 12.3. The summed E-state index contributed by atoms with van der Waals surface area (Å²) in [5.41, 5.74) is -0.316. The maximum atomic E-state index is 12.5. The number of amides is 1. The highest BCUT2D eigenvalue weighted by molar-refractivity contribution is 6.02. The Morgan fingerprint density at radius 2 is 2.14 bits per heavy atom. The van der Waals surface area contributed by atoms with Crippen LogP contribution in [-0.4, -0.2) is 40.0 Å². The Kier molecular flexibility index (Phi) is 4.09. The lowest BCUT2D eigenvalue weighted by Gasteiger charge is -2.28. The van der Waals surface area contributed by atoms with Crippen molar-refractivity contribution < 1.29 is 19.4 Å². The first-order valence-corrected chi connectivity index (χ1v) is 6.73. The van der Waals surface area contributed by atoms with E-state index in [-0.39, 0.29) is 13.0 Å². The van der Waals surface area contributed by atoms with Gasteiger partial charge in [0, 0.05) is 17.7 Å². The van der Waals surface area contributed by atoms with Crippen molar-refractivity contribution in [1.82, 2.24) is 5.01 Å². The number of hydrogen-bond donors (Lipinski definition) is 1. The first kappa shape index (κ1) is 15.2. The number of rotatable bonds is 3. The predicted octanol–water partition coefficient (Wildman–Crippen LogP) is 1.47. The maximum absolute atomic E-state index is 12.5. The van der Waals surface area contributed by atoms with Crippen LogP contribution in [0.25, 0.3) is 0 Å². The van der Waals surface area contributed by atoms with Crippen LogP contribution >= 0.6 is 0 Å². The molecule has 0 saturated carbocycles. The Balaban J connectivity index is 2.35. The van der Waals surface area contributed by atoms with Crippen molar-refractivity contribution in [3.63, 3.8) is 0 Å². The molecular formula is C15H18N2O4. The van der Waals surface area contributed by atoms with E-state index < -0.39 is 17.6 Å². The standard InChI is InChI=1S/C15H18N2O4/c1-4-21-14(19)15(20)9-11(3)16-17(15)13(18)12-7-5-6-10(2)8-12/h5-8,20H,4,9H2,1-3H3/t15-/m1/s1. The molecule has 0 saturated heterocycles. The van der Waals surface area contributed by atoms with Gasteiger partial charge in [0.05, 0.1) is 6.61 Å². The summed E-state index contributed by atoms with van der Waals surface area (Å²) in [5, 5.41) is 15.4. The Morgan fingerprint density at radius 3 is 2.76 bits per heavy atom. The summed E-state index contributed by atoms with van der Waals surface area (Å²) in [6, 6.07) is 6.88. The van der Waals surface area contributed by atoms with Gasteiger partial charge in [-0.25, -0.2) is 4.79 Å². The highest BCUT2D eigenvalue weighted by Gasteiger charge is 2.51. The van der Waals surface area contributed by atoms with Crippen molar-refractivity contribution in [2.24, 2.45) is 5.10 Å². The van der Waals surface area contributed by atoms with Crippen LogP contribution < -0.4 is 0 Å². The lowest BCUT2D eigenvalue weighted by atomic mass is 10.1. The highest BCUT2D eigenvalue weighted by Crippen LogP contribution is 2.28. The Hall–Kier alpha value is -2.21. The summed E-state index contributed by atoms with van der Waals surface area (Å²) in [6.45, 7) is 5.25. The zero-order chi connectivity index (χ0) is 15.6. The van der Waals surface area contributed by atoms with Crippen molar-refractivity contribution in [1.29, 1.82) is 0 Å². The number of carbonyl (C=O) groups excluding carboxylic acids is 2. The number of ether oxygens (including phenoxy) is 1. The lowest BCUT2D eigenvalue weighted by molar-refractivity contribution is -0.179. The van der Waals surface area contributed by atoms with E-state index in [4.69, 9.17) is 4.74 Å². The van der Waals surface area contributed by atoms with Crippen molar-refractivity contribution in [3.05, 3.63) is 35.4 Å². The van der Waals surface area contributed by atoms with Crippen molar-refractivity contribution >= 4 is 17.6 Å². The van der Waals surface area contributed by atoms with Crippen LogP contribution in [0.5, 0.6) is 0 Å². The molecule has 0 spiro atoms. The van der Waals surface area contributed by atoms with Crippen LogP contribution in [0.3, 0.4) is 0 Å². The van der Waals surface area contributed by atoms with Gasteiger partial charge in [-0.05, 0) is 32.9 Å². The molecule has 1 aliphatic rings. The fraction of sp³-hybridized carbons (Fsp3) is 0.400. The smallest absolute Gasteiger partial charge is 0.362 e. The minimum absolute atomic E-state index is 0.0522. The van der Waals surface area contributed by atoms with Gasteiger partial charge in [0.2, 0.25) is 0 Å². The molecular weight excluding hydrogens is 272 g/mol. The molecule has 0 fully saturated rings. The van der Waals surface area contributed by atoms with Crippen LogP contribution in [0.2, 0.25) is 0 Å². The molecule has 1 heterocycles. The Bertz CT molecular complexity index is 611. The Morgan fingerprint density at radius 1 is 1.43 bits per heavy atom. The monoisotopic (exact) mass is 290 g/mol. The Labute approximate surface area is 123 Å². The summed E-state index contributed by atoms with van der Waals surface area (Å²) in [5.74, 6) is -1.40. The molecule has 1 atom stereocenters. The quantitative estimate of drug-likeness (QED) is 0.855. The van der Waals surface area contributed by atoms with Gasteiger partial charge in [-0.2, -0.15) is 10.1 Å². The van der Waals surface area contributed by atoms with E-state index in [0.29, 0.717) is 11.3 Å². The fourth-order valence-corrected chi connectivity index (χ4v) is 2.24. The average Bonchev–Trinajstić information content (AvgIpc) is 2.75. The molecule has 1 aromatic carbocycles. The number of benzene rings is 1. The predicted molar refractivity (Wildman–Crippen MR) is 76.7 cm³/mol. The average molecular weight is 290 g/mol. The van der Waals surface area contributed by atoms with Gasteiger partial charge in [-0.1, -0.05) is 17.7 Å². The van der Waals surface area contributed by atoms with E-state index in [1.54, 1.807) is 32.0 Å². The molecule has 1 aromatic rings. The number of aryl methyl sites for hydroxylation is 1. The van der Waals surface area contributed by atoms with Gasteiger partial charge < -0.3 is 9.84 Å². The molecule has 0 aliphatic carbocycles. The second-order valence-corrected chi connectivity index (χ2v) is 5.04. The molecule has 1 amide bonds. The van der Waals surface area contributed by atoms with Crippen LogP contribution in [0.15, 0.2) is 29.4 Å². The van der Waals surface area contributed by atoms with Crippen molar-refractivity contribution in [2.75, 3.05) is 6.61 Å². The van der Waals surface area contributed by atoms with Gasteiger partial charge in [-0.15, -0.1) is 0 Å². The molecule has 6 heteroatoms. The molecule has 112 valence electrons. The summed E-state index contributed by atoms with van der Waals surface area (Å²) in [4.78, 5) is 24.5. The molecule has 0 aromatic heterocycles. The van der Waals surface area contributed by atoms with E-state index in [2.05, 4.69) is 5.10 Å². The molecule has 0 bridgehead atoms. The van der Waals surface area contributed by atoms with Crippen LogP contribution in [0.1, 0.15) is 36.2 Å². The molecule has 0 radical (unpaired) electrons. The van der Waals surface area contributed by atoms with E-state index in [9.17, 15) is 14.7 Å². The fourth-order valence-electron chi connectivity index (χ4n) is 2.24. The number of esters is 1. The summed E-state index contributed by atoms with van der Waals surface area (Å²) >= 11 is 0. The SMILES string of the molecule is CCOC(=O)[C@]1(O)CC(C)=NN1C(=O)c1cccc(C)c1. The van der Waals surface area contributed by atoms with E-state index in [1.807, 2.05) is 13.0 Å². The van der Waals surface area contributed by atoms with Crippen LogP contribution in [-0.2, 0) is 9.53 Å². The number of hydrogen-bond acceptors (Lipinski definition) is 5. The minimum Gasteiger partial charge on any atom is -0.462 e. The van der Waals surface area contributed by atoms with E-state index >= 15 is 0 Å². The maximum Gasteiger partial charge on any atom is 0.362 e.